The SMILES string of the molecule is CC(C)(Cc1cc(F)cc(-c2ccnn2-c2cncc(C(F)(F)F)n2)c1)C(F)(F)F. The van der Waals surface area contributed by atoms with Gasteiger partial charge in [-0.2, -0.15) is 31.4 Å². The molecule has 30 heavy (non-hydrogen) atoms. The van der Waals surface area contributed by atoms with Crippen molar-refractivity contribution < 1.29 is 30.7 Å². The molecule has 0 amide bonds. The molecule has 0 bridgehead atoms. The number of rotatable bonds is 4. The molecule has 2 aromatic heterocycles. The van der Waals surface area contributed by atoms with Crippen LogP contribution in [0.4, 0.5) is 30.7 Å². The summed E-state index contributed by atoms with van der Waals surface area (Å²) < 4.78 is 93.5. The fourth-order valence-corrected chi connectivity index (χ4v) is 2.81. The third kappa shape index (κ3) is 4.44. The highest BCUT2D eigenvalue weighted by atomic mass is 19.4. The van der Waals surface area contributed by atoms with E-state index in [1.54, 1.807) is 0 Å². The van der Waals surface area contributed by atoms with Crippen LogP contribution in [0.15, 0.2) is 42.9 Å². The number of benzene rings is 1. The average Bonchev–Trinajstić information content (AvgIpc) is 3.09. The van der Waals surface area contributed by atoms with Crippen molar-refractivity contribution in [2.75, 3.05) is 0 Å². The van der Waals surface area contributed by atoms with Gasteiger partial charge in [-0.05, 0) is 36.2 Å². The first kappa shape index (κ1) is 21.7. The molecule has 0 fully saturated rings. The van der Waals surface area contributed by atoms with E-state index in [0.29, 0.717) is 6.20 Å². The summed E-state index contributed by atoms with van der Waals surface area (Å²) >= 11 is 0. The van der Waals surface area contributed by atoms with Crippen LogP contribution in [0.3, 0.4) is 0 Å². The van der Waals surface area contributed by atoms with Crippen LogP contribution in [-0.2, 0) is 12.6 Å². The van der Waals surface area contributed by atoms with Gasteiger partial charge in [0.05, 0.1) is 29.7 Å². The van der Waals surface area contributed by atoms with Crippen molar-refractivity contribution in [3.8, 4) is 17.1 Å². The molecular formula is C19H15F7N4. The van der Waals surface area contributed by atoms with Crippen LogP contribution < -0.4 is 0 Å². The van der Waals surface area contributed by atoms with Crippen LogP contribution >= 0.6 is 0 Å². The Hall–Kier alpha value is -2.98. The lowest BCUT2D eigenvalue weighted by Gasteiger charge is -2.28. The lowest BCUT2D eigenvalue weighted by atomic mass is 9.84. The monoisotopic (exact) mass is 432 g/mol. The van der Waals surface area contributed by atoms with Gasteiger partial charge in [0.1, 0.15) is 5.82 Å². The number of halogens is 7. The topological polar surface area (TPSA) is 43.6 Å². The van der Waals surface area contributed by atoms with E-state index in [2.05, 4.69) is 15.1 Å². The van der Waals surface area contributed by atoms with Gasteiger partial charge in [-0.3, -0.25) is 4.98 Å². The average molecular weight is 432 g/mol. The molecule has 0 saturated heterocycles. The Morgan fingerprint density at radius 3 is 2.30 bits per heavy atom. The number of hydrogen-bond acceptors (Lipinski definition) is 3. The summed E-state index contributed by atoms with van der Waals surface area (Å²) in [5.41, 5.74) is -2.98. The Balaban J connectivity index is 2.04. The lowest BCUT2D eigenvalue weighted by Crippen LogP contribution is -2.34. The second-order valence-electron chi connectivity index (χ2n) is 7.30. The third-order valence-electron chi connectivity index (χ3n) is 4.44. The standard InChI is InChI=1S/C19H15F7N4/c1-17(2,19(24,25)26)8-11-5-12(7-13(20)6-11)14-3-4-28-30(14)16-10-27-9-15(29-16)18(21,22)23/h3-7,9-10H,8H2,1-2H3. The number of hydrogen-bond donors (Lipinski definition) is 0. The maximum atomic E-state index is 14.2. The minimum absolute atomic E-state index is 0.0789. The van der Waals surface area contributed by atoms with Crippen molar-refractivity contribution >= 4 is 0 Å². The van der Waals surface area contributed by atoms with Crippen molar-refractivity contribution in [3.63, 3.8) is 0 Å². The molecular weight excluding hydrogens is 417 g/mol. The van der Waals surface area contributed by atoms with Gasteiger partial charge < -0.3 is 0 Å². The molecule has 0 aliphatic heterocycles. The zero-order chi connectivity index (χ0) is 22.3. The Labute approximate surface area is 166 Å². The van der Waals surface area contributed by atoms with E-state index in [-0.39, 0.29) is 22.6 Å². The van der Waals surface area contributed by atoms with E-state index in [4.69, 9.17) is 0 Å². The fourth-order valence-electron chi connectivity index (χ4n) is 2.81. The van der Waals surface area contributed by atoms with Crippen LogP contribution in [-0.4, -0.2) is 25.9 Å². The first-order valence-electron chi connectivity index (χ1n) is 8.58. The van der Waals surface area contributed by atoms with E-state index in [1.165, 1.54) is 18.3 Å². The Morgan fingerprint density at radius 1 is 0.967 bits per heavy atom. The van der Waals surface area contributed by atoms with Crippen molar-refractivity contribution in [3.05, 3.63) is 59.9 Å². The first-order chi connectivity index (χ1) is 13.8. The van der Waals surface area contributed by atoms with E-state index >= 15 is 0 Å². The summed E-state index contributed by atoms with van der Waals surface area (Å²) in [7, 11) is 0. The van der Waals surface area contributed by atoms with E-state index < -0.39 is 35.7 Å². The molecule has 3 aromatic rings. The molecule has 0 aliphatic carbocycles. The molecule has 0 aliphatic rings. The molecule has 0 saturated carbocycles. The molecule has 0 spiro atoms. The van der Waals surface area contributed by atoms with Crippen molar-refractivity contribution in [1.82, 2.24) is 19.7 Å². The first-order valence-corrected chi connectivity index (χ1v) is 8.58. The second kappa shape index (κ2) is 7.37. The summed E-state index contributed by atoms with van der Waals surface area (Å²) in [6.45, 7) is 2.00. The quantitative estimate of drug-likeness (QED) is 0.503. The van der Waals surface area contributed by atoms with Gasteiger partial charge in [-0.1, -0.05) is 13.8 Å². The van der Waals surface area contributed by atoms with Crippen LogP contribution in [0.5, 0.6) is 0 Å². The lowest BCUT2D eigenvalue weighted by molar-refractivity contribution is -0.211. The van der Waals surface area contributed by atoms with Crippen LogP contribution in [0.2, 0.25) is 0 Å². The predicted molar refractivity (Wildman–Crippen MR) is 93.1 cm³/mol. The largest absolute Gasteiger partial charge is 0.434 e. The third-order valence-corrected chi connectivity index (χ3v) is 4.44. The predicted octanol–water partition coefficient (Wildman–Crippen LogP) is 5.62. The molecule has 0 radical (unpaired) electrons. The van der Waals surface area contributed by atoms with E-state index in [0.717, 1.165) is 36.9 Å². The molecule has 1 aromatic carbocycles. The molecule has 4 nitrogen and oxygen atoms in total. The van der Waals surface area contributed by atoms with Gasteiger partial charge in [-0.15, -0.1) is 0 Å². The smallest absolute Gasteiger partial charge is 0.259 e. The summed E-state index contributed by atoms with van der Waals surface area (Å²) in [4.78, 5) is 6.99. The van der Waals surface area contributed by atoms with Gasteiger partial charge in [0.25, 0.3) is 0 Å². The molecule has 160 valence electrons. The van der Waals surface area contributed by atoms with Gasteiger partial charge in [-0.25, -0.2) is 14.1 Å². The number of aromatic nitrogens is 4. The second-order valence-corrected chi connectivity index (χ2v) is 7.30. The molecule has 0 atom stereocenters. The van der Waals surface area contributed by atoms with E-state index in [1.807, 2.05) is 0 Å². The minimum atomic E-state index is -4.73. The van der Waals surface area contributed by atoms with E-state index in [9.17, 15) is 30.7 Å². The van der Waals surface area contributed by atoms with Gasteiger partial charge >= 0.3 is 12.4 Å². The molecule has 0 N–H and O–H groups in total. The van der Waals surface area contributed by atoms with Crippen molar-refractivity contribution in [2.24, 2.45) is 5.41 Å². The minimum Gasteiger partial charge on any atom is -0.259 e. The Kier molecular flexibility index (Phi) is 5.33. The van der Waals surface area contributed by atoms with Crippen LogP contribution in [0.25, 0.3) is 17.1 Å². The summed E-state index contributed by atoms with van der Waals surface area (Å²) in [5.74, 6) is -1.06. The fraction of sp³-hybridized carbons (Fsp3) is 0.316. The zero-order valence-corrected chi connectivity index (χ0v) is 15.7. The Morgan fingerprint density at radius 2 is 1.67 bits per heavy atom. The summed E-state index contributed by atoms with van der Waals surface area (Å²) in [5, 5.41) is 3.90. The summed E-state index contributed by atoms with van der Waals surface area (Å²) in [6, 6.07) is 4.76. The van der Waals surface area contributed by atoms with Gasteiger partial charge in [0, 0.05) is 5.56 Å². The van der Waals surface area contributed by atoms with Crippen LogP contribution in [0, 0.1) is 11.2 Å². The molecule has 2 heterocycles. The van der Waals surface area contributed by atoms with Crippen LogP contribution in [0.1, 0.15) is 25.1 Å². The van der Waals surface area contributed by atoms with Gasteiger partial charge in [0.15, 0.2) is 11.5 Å². The molecule has 3 rings (SSSR count). The highest BCUT2D eigenvalue weighted by Crippen LogP contribution is 2.40. The highest BCUT2D eigenvalue weighted by Gasteiger charge is 2.47. The number of alkyl halides is 6. The normalized spacial score (nSPS) is 13.0. The Bertz CT molecular complexity index is 1050. The maximum absolute atomic E-state index is 14.2. The number of nitrogens with zero attached hydrogens (tertiary/aromatic N) is 4. The maximum Gasteiger partial charge on any atom is 0.434 e. The molecule has 11 heteroatoms. The summed E-state index contributed by atoms with van der Waals surface area (Å²) in [6.07, 6.45) is -6.88. The van der Waals surface area contributed by atoms with Crippen molar-refractivity contribution in [1.29, 1.82) is 0 Å². The highest BCUT2D eigenvalue weighted by molar-refractivity contribution is 5.62. The zero-order valence-electron chi connectivity index (χ0n) is 15.7. The van der Waals surface area contributed by atoms with Gasteiger partial charge in [0.2, 0.25) is 0 Å². The van der Waals surface area contributed by atoms with Crippen molar-refractivity contribution in [2.45, 2.75) is 32.6 Å². The molecule has 0 unspecified atom stereocenters.